The number of aliphatic hydroxyl groups is 20. The van der Waals surface area contributed by atoms with Crippen LogP contribution >= 0.6 is 0 Å². The van der Waals surface area contributed by atoms with Crippen molar-refractivity contribution in [3.8, 4) is 0 Å². The summed E-state index contributed by atoms with van der Waals surface area (Å²) in [5, 5.41) is 220. The van der Waals surface area contributed by atoms with Gasteiger partial charge in [-0.2, -0.15) is 0 Å². The van der Waals surface area contributed by atoms with Gasteiger partial charge in [-0.25, -0.2) is 0 Å². The van der Waals surface area contributed by atoms with Crippen LogP contribution in [0, 0.1) is 0 Å². The molecule has 86 heavy (non-hydrogen) atoms. The second-order valence-corrected chi connectivity index (χ2v) is 22.6. The first kappa shape index (κ1) is 66.0. The fourth-order valence-corrected chi connectivity index (χ4v) is 12.4. The van der Waals surface area contributed by atoms with Crippen molar-refractivity contribution in [1.82, 2.24) is 0 Å². The van der Waals surface area contributed by atoms with Crippen molar-refractivity contribution in [2.75, 3.05) is 52.9 Å². The van der Waals surface area contributed by atoms with Gasteiger partial charge in [-0.1, -0.05) is 0 Å². The van der Waals surface area contributed by atoms with E-state index in [1.807, 2.05) is 0 Å². The number of aliphatic hydroxyl groups excluding tert-OH is 20. The van der Waals surface area contributed by atoms with Gasteiger partial charge in [0.2, 0.25) is 0 Å². The summed E-state index contributed by atoms with van der Waals surface area (Å²) in [5.41, 5.74) is 0. The highest BCUT2D eigenvalue weighted by Crippen LogP contribution is 2.46. The molecule has 0 aliphatic carbocycles. The summed E-state index contributed by atoms with van der Waals surface area (Å²) < 4.78 is 105. The molecule has 26 aliphatic rings. The smallest absolute Gasteiger partial charge is 0.187 e. The van der Waals surface area contributed by atoms with E-state index < -0.39 is 299 Å². The molecule has 16 bridgehead atoms. The molecule has 0 aromatic rings. The van der Waals surface area contributed by atoms with Crippen LogP contribution in [-0.2, 0) is 85.3 Å². The molecule has 26 heterocycles. The van der Waals surface area contributed by atoms with Gasteiger partial charge in [-0.3, -0.25) is 0 Å². The van der Waals surface area contributed by atoms with Crippen molar-refractivity contribution in [2.45, 2.75) is 246 Å². The van der Waals surface area contributed by atoms with Crippen molar-refractivity contribution >= 4 is 0 Å². The largest absolute Gasteiger partial charge is 0.394 e. The zero-order chi connectivity index (χ0) is 61.5. The molecule has 0 spiro atoms. The summed E-state index contributed by atoms with van der Waals surface area (Å²) in [6.45, 7) is -7.48. The summed E-state index contributed by atoms with van der Waals surface area (Å²) in [4.78, 5) is 0. The Balaban J connectivity index is 0.834. The summed E-state index contributed by atoms with van der Waals surface area (Å²) in [5.74, 6) is 0. The van der Waals surface area contributed by atoms with E-state index in [1.54, 1.807) is 0 Å². The highest BCUT2D eigenvalue weighted by Gasteiger charge is 2.65. The first-order valence-corrected chi connectivity index (χ1v) is 28.0. The van der Waals surface area contributed by atoms with Gasteiger partial charge >= 0.3 is 0 Å². The van der Waals surface area contributed by atoms with Gasteiger partial charge in [0.15, 0.2) is 50.3 Å². The molecule has 0 aromatic heterocycles. The molecule has 0 saturated carbocycles. The SMILES string of the molecule is OC[C@H]1O[C@@H]2O[C@H]3[C@H](O)[C@@H](O)[C@@H](O[C@H]4[C@H](O)[C@@H](O)[C@@H](O[C@H]5[C@@H]6O[C@@H]6[C@@H](O[C@H]6[C@H](O)[C@@H](O)[C@@H](O[C@H]7[C@@H]8O[C@@H]8[C@@H](O[C@H]8[C@H](O)[C@@H](O)[C@@H](O[C@H]9[C@H](O)[C@@H](O)[C@@H](O[C@H]1[C@H](O)[C@H]2O)O[C@@H]9CO)O[C@@H]8CO)O[C@@H]7CO)O[C@@H]6CO)O[C@@H]5CO)O[C@@H]4CO)O[C@@H]3CO. The van der Waals surface area contributed by atoms with E-state index in [4.69, 9.17) is 85.3 Å². The highest BCUT2D eigenvalue weighted by molar-refractivity contribution is 5.07. The molecule has 26 saturated heterocycles. The molecular formula is C48H76O38. The molecule has 0 aromatic carbocycles. The Hall–Kier alpha value is -1.52. The Bertz CT molecular complexity index is 2170. The molecule has 26 rings (SSSR count). The normalized spacial score (nSPS) is 57.1. The van der Waals surface area contributed by atoms with Gasteiger partial charge in [0.1, 0.15) is 195 Å². The van der Waals surface area contributed by atoms with Crippen LogP contribution in [0.4, 0.5) is 0 Å². The third-order valence-electron chi connectivity index (χ3n) is 17.3. The van der Waals surface area contributed by atoms with Crippen LogP contribution in [0.5, 0.6) is 0 Å². The number of hydrogen-bond acceptors (Lipinski definition) is 38. The molecule has 40 atom stereocenters. The van der Waals surface area contributed by atoms with Crippen molar-refractivity contribution in [3.05, 3.63) is 0 Å². The van der Waals surface area contributed by atoms with Crippen molar-refractivity contribution in [2.24, 2.45) is 0 Å². The lowest BCUT2D eigenvalue weighted by molar-refractivity contribution is -0.396. The van der Waals surface area contributed by atoms with E-state index in [1.165, 1.54) is 0 Å². The molecule has 0 radical (unpaired) electrons. The first-order chi connectivity index (χ1) is 41.2. The fourth-order valence-electron chi connectivity index (χ4n) is 12.4. The Morgan fingerprint density at radius 2 is 0.291 bits per heavy atom. The Morgan fingerprint density at radius 3 is 0.477 bits per heavy atom. The molecule has 38 nitrogen and oxygen atoms in total. The predicted molar refractivity (Wildman–Crippen MR) is 254 cm³/mol. The maximum atomic E-state index is 11.5. The first-order valence-electron chi connectivity index (χ1n) is 28.0. The van der Waals surface area contributed by atoms with Crippen LogP contribution in [0.3, 0.4) is 0 Å². The summed E-state index contributed by atoms with van der Waals surface area (Å²) in [6.07, 6.45) is -69.7. The summed E-state index contributed by atoms with van der Waals surface area (Å²) in [7, 11) is 0. The van der Waals surface area contributed by atoms with E-state index in [0.29, 0.717) is 0 Å². The number of hydrogen-bond donors (Lipinski definition) is 20. The topological polar surface area (TPSA) is 577 Å². The van der Waals surface area contributed by atoms with E-state index in [-0.39, 0.29) is 0 Å². The standard InChI is InChI=1S/C48H76O38/c49-1-9-29-17(57)23(63)41(69-9)80-30-10(2-50)71-43(25(65)18(30)58)82-32-12(4-52)73-45(27(67)20(32)60)85-35-15(7-55)76-48(40-37(35)77-40)84-34-14(6-54)74-46(28(68)22(34)62)86-36-16(8-56)75-47(39-38(36)78-39)83-33-13(5-53)72-44(26(66)21(33)61)81-31-11(3-51)70-42(79-29)24(64)19(31)59/h9-68H,1-8H2/t9-,10-,11-,12-,13-,14-,15-,16-,17-,18-,19-,20-,21-,22-,23-,24-,25-,26-,27-,28-,29-,30-,31-,32-,33-,34-,35-,36-,37+,38+,39+,40+,41-,42-,43-,44-,45-,46-,47-,48-/m1/s1. The van der Waals surface area contributed by atoms with Crippen molar-refractivity contribution in [3.63, 3.8) is 0 Å². The maximum Gasteiger partial charge on any atom is 0.187 e. The Labute approximate surface area is 485 Å². The molecule has 0 unspecified atom stereocenters. The van der Waals surface area contributed by atoms with Gasteiger partial charge in [-0.05, 0) is 0 Å². The zero-order valence-electron chi connectivity index (χ0n) is 45.0. The molecule has 26 aliphatic heterocycles. The average molecular weight is 1260 g/mol. The van der Waals surface area contributed by atoms with Gasteiger partial charge in [0.25, 0.3) is 0 Å². The minimum Gasteiger partial charge on any atom is -0.394 e. The second kappa shape index (κ2) is 27.2. The number of rotatable bonds is 8. The van der Waals surface area contributed by atoms with Crippen LogP contribution in [0.25, 0.3) is 0 Å². The van der Waals surface area contributed by atoms with Crippen LogP contribution in [0.15, 0.2) is 0 Å². The van der Waals surface area contributed by atoms with Crippen LogP contribution in [-0.4, -0.2) is 401 Å². The lowest BCUT2D eigenvalue weighted by atomic mass is 9.95. The highest BCUT2D eigenvalue weighted by atomic mass is 16.8. The van der Waals surface area contributed by atoms with Crippen LogP contribution in [0.2, 0.25) is 0 Å². The molecular weight excluding hydrogens is 1180 g/mol. The van der Waals surface area contributed by atoms with E-state index >= 15 is 0 Å². The van der Waals surface area contributed by atoms with Gasteiger partial charge in [0, 0.05) is 0 Å². The summed E-state index contributed by atoms with van der Waals surface area (Å²) >= 11 is 0. The average Bonchev–Trinajstić information content (AvgIpc) is 1.74. The van der Waals surface area contributed by atoms with Crippen LogP contribution in [0.1, 0.15) is 0 Å². The third kappa shape index (κ3) is 12.4. The molecule has 0 amide bonds. The van der Waals surface area contributed by atoms with E-state index in [9.17, 15) is 102 Å². The summed E-state index contributed by atoms with van der Waals surface area (Å²) in [6, 6.07) is 0. The molecule has 26 fully saturated rings. The van der Waals surface area contributed by atoms with Crippen molar-refractivity contribution in [1.29, 1.82) is 0 Å². The zero-order valence-corrected chi connectivity index (χ0v) is 45.0. The van der Waals surface area contributed by atoms with Crippen molar-refractivity contribution < 1.29 is 187 Å². The minimum absolute atomic E-state index is 0.811. The van der Waals surface area contributed by atoms with Gasteiger partial charge in [0.05, 0.1) is 52.9 Å². The Kier molecular flexibility index (Phi) is 20.9. The second-order valence-electron chi connectivity index (χ2n) is 22.6. The Morgan fingerprint density at radius 1 is 0.140 bits per heavy atom. The monoisotopic (exact) mass is 1260 g/mol. The lowest BCUT2D eigenvalue weighted by Crippen LogP contribution is -2.68. The molecule has 496 valence electrons. The minimum atomic E-state index is -2.20. The maximum absolute atomic E-state index is 11.5. The number of epoxide rings is 2. The fraction of sp³-hybridized carbons (Fsp3) is 1.00. The lowest BCUT2D eigenvalue weighted by Gasteiger charge is -2.50. The van der Waals surface area contributed by atoms with E-state index in [2.05, 4.69) is 0 Å². The van der Waals surface area contributed by atoms with Crippen LogP contribution < -0.4 is 0 Å². The van der Waals surface area contributed by atoms with Gasteiger partial charge < -0.3 is 187 Å². The van der Waals surface area contributed by atoms with E-state index in [0.717, 1.165) is 0 Å². The number of ether oxygens (including phenoxy) is 18. The molecule has 20 N–H and O–H groups in total. The third-order valence-corrected chi connectivity index (χ3v) is 17.3. The quantitative estimate of drug-likeness (QED) is 0.100. The molecule has 38 heteroatoms. The predicted octanol–water partition coefficient (Wildman–Crippen LogP) is -15.3. The van der Waals surface area contributed by atoms with Gasteiger partial charge in [-0.15, -0.1) is 0 Å².